The number of carbonyl (C=O) groups is 1. The molecule has 0 fully saturated rings. The fourth-order valence-electron chi connectivity index (χ4n) is 9.67. The van der Waals surface area contributed by atoms with E-state index in [1.165, 1.54) is 11.5 Å². The number of anilines is 2. The van der Waals surface area contributed by atoms with Crippen LogP contribution in [0.1, 0.15) is 18.1 Å². The molecule has 12 N–H and O–H groups in total. The number of fused-ring (bicyclic) bond motifs is 8. The van der Waals surface area contributed by atoms with Crippen LogP contribution in [0.5, 0.6) is 57.5 Å². The average Bonchev–Trinajstić information content (AvgIpc) is 4.08. The average molecular weight is 963 g/mol. The maximum Gasteiger partial charge on any atom is 0.375 e. The number of rotatable bonds is 5. The van der Waals surface area contributed by atoms with E-state index in [1.807, 2.05) is 77.9 Å². The minimum absolute atomic E-state index is 0.0759. The van der Waals surface area contributed by atoms with Gasteiger partial charge in [-0.15, -0.1) is 0 Å². The van der Waals surface area contributed by atoms with Crippen LogP contribution in [-0.2, 0) is 4.79 Å². The lowest BCUT2D eigenvalue weighted by Crippen LogP contribution is -2.28. The van der Waals surface area contributed by atoms with Gasteiger partial charge in [0.15, 0.2) is 56.7 Å². The van der Waals surface area contributed by atoms with Gasteiger partial charge >= 0.3 is 5.97 Å². The molecule has 0 aliphatic carbocycles. The lowest BCUT2D eigenvalue weighted by molar-refractivity contribution is -0.132. The van der Waals surface area contributed by atoms with Crippen molar-refractivity contribution in [2.45, 2.75) is 6.92 Å². The third kappa shape index (κ3) is 6.05. The summed E-state index contributed by atoms with van der Waals surface area (Å²) in [7, 11) is 5.86. The maximum atomic E-state index is 12.4. The molecule has 1 aliphatic rings. The van der Waals surface area contributed by atoms with Gasteiger partial charge < -0.3 is 79.6 Å². The van der Waals surface area contributed by atoms with Crippen LogP contribution in [0.4, 0.5) is 11.4 Å². The summed E-state index contributed by atoms with van der Waals surface area (Å²) in [4.78, 5) is 14.4. The highest BCUT2D eigenvalue weighted by Gasteiger charge is 2.33. The molecule has 17 nitrogen and oxygen atoms in total. The maximum absolute atomic E-state index is 12.4. The Morgan fingerprint density at radius 2 is 1.24 bits per heavy atom. The molecular formula is C54H35BN2O15. The SMILES string of the molecule is [B]c1c(O)c(O)c2c(=C(/C)c3cccc4c3c3cc(-c5ccc6c(c5)C(=C)/C=C\C=C/N6c5ccccc5)ccc3n4-c3c(O)c(O)c4oc5c(O)c(O)c(O)c(O)c5c4c3O)/c(=C(/O)C(=O)O)oc2c1O. The predicted octanol–water partition coefficient (Wildman–Crippen LogP) is 8.15. The van der Waals surface area contributed by atoms with Crippen LogP contribution >= 0.6 is 0 Å². The van der Waals surface area contributed by atoms with Crippen LogP contribution in [0.3, 0.4) is 0 Å². The fraction of sp³-hybridized carbons (Fsp3) is 0.0185. The molecule has 18 heteroatoms. The van der Waals surface area contributed by atoms with E-state index in [2.05, 4.69) is 6.58 Å². The second-order valence-electron chi connectivity index (χ2n) is 17.0. The molecule has 0 saturated heterocycles. The Morgan fingerprint density at radius 1 is 0.597 bits per heavy atom. The summed E-state index contributed by atoms with van der Waals surface area (Å²) in [6.07, 6.45) is 7.58. The number of aliphatic hydroxyl groups excluding tert-OH is 1. The lowest BCUT2D eigenvalue weighted by atomic mass is 9.91. The largest absolute Gasteiger partial charge is 0.505 e. The number of furan rings is 2. The number of allylic oxidation sites excluding steroid dienone is 4. The van der Waals surface area contributed by atoms with Gasteiger partial charge in [0.05, 0.1) is 32.9 Å². The van der Waals surface area contributed by atoms with Crippen LogP contribution in [0.25, 0.3) is 88.4 Å². The summed E-state index contributed by atoms with van der Waals surface area (Å²) < 4.78 is 12.7. The van der Waals surface area contributed by atoms with Crippen molar-refractivity contribution in [1.82, 2.24) is 4.57 Å². The van der Waals surface area contributed by atoms with Crippen LogP contribution in [0.15, 0.2) is 125 Å². The summed E-state index contributed by atoms with van der Waals surface area (Å²) in [6.45, 7) is 5.84. The van der Waals surface area contributed by atoms with Crippen molar-refractivity contribution < 1.29 is 74.9 Å². The number of para-hydroxylation sites is 1. The molecule has 354 valence electrons. The van der Waals surface area contributed by atoms with Gasteiger partial charge in [-0.2, -0.15) is 0 Å². The number of nitrogens with zero attached hydrogens (tertiary/aromatic N) is 2. The number of benzene rings is 7. The molecular weight excluding hydrogens is 927 g/mol. The summed E-state index contributed by atoms with van der Waals surface area (Å²) >= 11 is 0. The molecule has 72 heavy (non-hydrogen) atoms. The fourth-order valence-corrected chi connectivity index (χ4v) is 9.67. The highest BCUT2D eigenvalue weighted by atomic mass is 16.4. The van der Waals surface area contributed by atoms with Gasteiger partial charge in [0, 0.05) is 33.4 Å². The number of phenolic OH excluding ortho intramolecular Hbond substituents is 10. The third-order valence-electron chi connectivity index (χ3n) is 13.1. The van der Waals surface area contributed by atoms with Crippen LogP contribution in [-0.4, -0.2) is 79.7 Å². The first-order valence-electron chi connectivity index (χ1n) is 21.6. The Balaban J connectivity index is 1.28. The number of hydrogen-bond acceptors (Lipinski definition) is 15. The van der Waals surface area contributed by atoms with E-state index in [9.17, 15) is 66.1 Å². The van der Waals surface area contributed by atoms with Crippen LogP contribution < -0.4 is 21.0 Å². The highest BCUT2D eigenvalue weighted by Crippen LogP contribution is 2.58. The number of aliphatic hydroxyl groups is 1. The van der Waals surface area contributed by atoms with E-state index >= 15 is 0 Å². The molecule has 0 bridgehead atoms. The standard InChI is InChI=1S/C54H35BN2O15/c1-21-9-6-7-18-56(25-10-4-3-5-11-25)29-16-14-23(19-27(21)29)24-15-17-30-28(20-24)33-26(22(2)32-34-40(59)42(61)37(55)43(62)51(34)71-50(32)49(68)54(69)70)12-8-13-31(33)57(30)38-39(58)35-36-41(60)45(64)46(65)48(67)53(36)72-52(35)47(66)44(38)63/h3-20,58-68H,1H2,2H3,(H,69,70)/b9-6-,18-7-,32-22+,50-49-. The smallest absolute Gasteiger partial charge is 0.375 e. The Bertz CT molecular complexity index is 4310. The van der Waals surface area contributed by atoms with Crippen molar-refractivity contribution in [1.29, 1.82) is 0 Å². The minimum atomic E-state index is -1.85. The number of aliphatic carboxylic acids is 1. The van der Waals surface area contributed by atoms with Gasteiger partial charge in [0.2, 0.25) is 28.8 Å². The van der Waals surface area contributed by atoms with Crippen molar-refractivity contribution in [2.24, 2.45) is 0 Å². The molecule has 3 aromatic heterocycles. The monoisotopic (exact) mass is 962 g/mol. The van der Waals surface area contributed by atoms with E-state index in [0.29, 0.717) is 27.5 Å². The van der Waals surface area contributed by atoms with Gasteiger partial charge in [-0.25, -0.2) is 4.79 Å². The molecule has 0 spiro atoms. The molecule has 1 aliphatic heterocycles. The molecule has 7 aromatic carbocycles. The molecule has 0 amide bonds. The first kappa shape index (κ1) is 44.3. The zero-order chi connectivity index (χ0) is 50.9. The number of aromatic hydroxyl groups is 10. The van der Waals surface area contributed by atoms with E-state index in [4.69, 9.17) is 16.7 Å². The van der Waals surface area contributed by atoms with E-state index in [0.717, 1.165) is 16.9 Å². The van der Waals surface area contributed by atoms with Gasteiger partial charge in [-0.3, -0.25) is 0 Å². The second-order valence-corrected chi connectivity index (χ2v) is 17.0. The van der Waals surface area contributed by atoms with Crippen molar-refractivity contribution in [3.05, 3.63) is 138 Å². The van der Waals surface area contributed by atoms with Crippen LogP contribution in [0.2, 0.25) is 0 Å². The summed E-state index contributed by atoms with van der Waals surface area (Å²) in [5, 5.41) is 132. The van der Waals surface area contributed by atoms with Crippen molar-refractivity contribution in [2.75, 3.05) is 4.90 Å². The Morgan fingerprint density at radius 3 is 1.96 bits per heavy atom. The number of aromatic nitrogens is 1. The molecule has 11 rings (SSSR count). The van der Waals surface area contributed by atoms with E-state index in [-0.39, 0.29) is 27.4 Å². The van der Waals surface area contributed by atoms with Crippen molar-refractivity contribution >= 4 is 102 Å². The Hall–Kier alpha value is -10.2. The highest BCUT2D eigenvalue weighted by molar-refractivity contribution is 6.38. The zero-order valence-corrected chi connectivity index (χ0v) is 37.2. The normalized spacial score (nSPS) is 14.5. The summed E-state index contributed by atoms with van der Waals surface area (Å²) in [6, 6.07) is 25.4. The number of carboxylic acids is 1. The van der Waals surface area contributed by atoms with Crippen molar-refractivity contribution in [3.63, 3.8) is 0 Å². The molecule has 2 radical (unpaired) electrons. The minimum Gasteiger partial charge on any atom is -0.505 e. The topological polar surface area (TPSA) is 294 Å². The van der Waals surface area contributed by atoms with E-state index < -0.39 is 119 Å². The quantitative estimate of drug-likeness (QED) is 0.0440. The number of carboxylic acid groups (broad SMARTS) is 1. The molecule has 0 unspecified atom stereocenters. The van der Waals surface area contributed by atoms with Crippen molar-refractivity contribution in [3.8, 4) is 74.3 Å². The lowest BCUT2D eigenvalue weighted by Gasteiger charge is -2.25. The molecule has 10 aromatic rings. The predicted molar refractivity (Wildman–Crippen MR) is 269 cm³/mol. The molecule has 0 atom stereocenters. The van der Waals surface area contributed by atoms with Gasteiger partial charge in [0.25, 0.3) is 0 Å². The zero-order valence-electron chi connectivity index (χ0n) is 37.2. The van der Waals surface area contributed by atoms with E-state index in [1.54, 1.807) is 36.4 Å². The first-order chi connectivity index (χ1) is 34.4. The molecule has 0 saturated carbocycles. The summed E-state index contributed by atoms with van der Waals surface area (Å²) in [5.74, 6) is -13.2. The Kier molecular flexibility index (Phi) is 9.63. The number of hydrogen-bond donors (Lipinski definition) is 12. The first-order valence-corrected chi connectivity index (χ1v) is 21.6. The van der Waals surface area contributed by atoms with Gasteiger partial charge in [0.1, 0.15) is 13.5 Å². The molecule has 4 heterocycles. The third-order valence-corrected chi connectivity index (χ3v) is 13.1. The second kappa shape index (κ2) is 15.7. The number of phenols is 10. The Labute approximate surface area is 404 Å². The van der Waals surface area contributed by atoms with Gasteiger partial charge in [-0.1, -0.05) is 61.2 Å². The van der Waals surface area contributed by atoms with Gasteiger partial charge in [-0.05, 0) is 88.8 Å². The van der Waals surface area contributed by atoms with Crippen LogP contribution in [0, 0.1) is 0 Å². The summed E-state index contributed by atoms with van der Waals surface area (Å²) in [5.41, 5.74) is 1.40.